The number of nitrogens with one attached hydrogen (secondary N) is 3. The van der Waals surface area contributed by atoms with Crippen molar-refractivity contribution in [2.75, 3.05) is 37.4 Å². The number of hydrogen-bond donors (Lipinski definition) is 3. The van der Waals surface area contributed by atoms with E-state index in [1.54, 1.807) is 20.3 Å². The molecule has 1 aliphatic rings. The average molecular weight is 419 g/mol. The van der Waals surface area contributed by atoms with Crippen LogP contribution in [0.25, 0.3) is 27.8 Å². The molecule has 160 valence electrons. The Balaban J connectivity index is 1.85. The lowest BCUT2D eigenvalue weighted by Crippen LogP contribution is -2.54. The third-order valence-corrected chi connectivity index (χ3v) is 5.81. The average Bonchev–Trinajstić information content (AvgIpc) is 3.16. The molecule has 1 saturated heterocycles. The van der Waals surface area contributed by atoms with E-state index in [0.717, 1.165) is 29.9 Å². The van der Waals surface area contributed by atoms with Crippen LogP contribution < -0.4 is 20.9 Å². The lowest BCUT2D eigenvalue weighted by atomic mass is 10.1. The molecule has 1 fully saturated rings. The molecule has 1 amide bonds. The third-order valence-electron chi connectivity index (χ3n) is 5.81. The summed E-state index contributed by atoms with van der Waals surface area (Å²) in [6.07, 6.45) is 1.80. The zero-order chi connectivity index (χ0) is 21.7. The summed E-state index contributed by atoms with van der Waals surface area (Å²) in [5.74, 6) is 0.601. The first-order chi connectivity index (χ1) is 15.0. The summed E-state index contributed by atoms with van der Waals surface area (Å²) in [6, 6.07) is 8.56. The summed E-state index contributed by atoms with van der Waals surface area (Å²) in [5.41, 5.74) is 4.65. The van der Waals surface area contributed by atoms with Crippen LogP contribution in [-0.4, -0.2) is 64.5 Å². The van der Waals surface area contributed by atoms with Gasteiger partial charge >= 0.3 is 0 Å². The SMILES string of the molecule is CNC(=O)c1c(NC)c2ncc(N3C[C@@H](C)N[C@@H](C)C3)nc2n2c1nc1ccccc12. The van der Waals surface area contributed by atoms with Gasteiger partial charge in [0.1, 0.15) is 16.9 Å². The quantitative estimate of drug-likeness (QED) is 0.468. The predicted octanol–water partition coefficient (Wildman–Crippen LogP) is 2.02. The molecule has 3 aromatic heterocycles. The number of nitrogens with zero attached hydrogens (tertiary/aromatic N) is 5. The van der Waals surface area contributed by atoms with Crippen molar-refractivity contribution >= 4 is 45.3 Å². The summed E-state index contributed by atoms with van der Waals surface area (Å²) in [4.78, 5) is 29.7. The number of carbonyl (C=O) groups is 1. The van der Waals surface area contributed by atoms with Gasteiger partial charge in [0.25, 0.3) is 5.91 Å². The highest BCUT2D eigenvalue weighted by Gasteiger charge is 2.26. The number of pyridine rings is 1. The van der Waals surface area contributed by atoms with Crippen molar-refractivity contribution in [3.05, 3.63) is 36.0 Å². The molecule has 0 unspecified atom stereocenters. The van der Waals surface area contributed by atoms with E-state index in [4.69, 9.17) is 15.0 Å². The minimum absolute atomic E-state index is 0.220. The van der Waals surface area contributed by atoms with Crippen LogP contribution >= 0.6 is 0 Å². The number of carbonyl (C=O) groups excluding carboxylic acids is 1. The number of aromatic nitrogens is 4. The molecule has 0 saturated carbocycles. The lowest BCUT2D eigenvalue weighted by molar-refractivity contribution is 0.0965. The summed E-state index contributed by atoms with van der Waals surface area (Å²) in [7, 11) is 3.41. The summed E-state index contributed by atoms with van der Waals surface area (Å²) in [5, 5.41) is 9.45. The Morgan fingerprint density at radius 1 is 1.10 bits per heavy atom. The molecule has 0 bridgehead atoms. The molecule has 0 aliphatic carbocycles. The van der Waals surface area contributed by atoms with Crippen LogP contribution in [0.3, 0.4) is 0 Å². The first kappa shape index (κ1) is 19.5. The Morgan fingerprint density at radius 2 is 1.84 bits per heavy atom. The van der Waals surface area contributed by atoms with Crippen molar-refractivity contribution in [1.82, 2.24) is 30.0 Å². The monoisotopic (exact) mass is 418 g/mol. The Kier molecular flexibility index (Phi) is 4.62. The van der Waals surface area contributed by atoms with Gasteiger partial charge in [-0.05, 0) is 26.0 Å². The lowest BCUT2D eigenvalue weighted by Gasteiger charge is -2.36. The maximum Gasteiger partial charge on any atom is 0.257 e. The van der Waals surface area contributed by atoms with Crippen LogP contribution in [-0.2, 0) is 0 Å². The van der Waals surface area contributed by atoms with E-state index in [0.29, 0.717) is 40.1 Å². The van der Waals surface area contributed by atoms with Crippen molar-refractivity contribution in [2.24, 2.45) is 0 Å². The molecule has 4 aromatic rings. The van der Waals surface area contributed by atoms with Crippen LogP contribution in [0, 0.1) is 0 Å². The van der Waals surface area contributed by atoms with Gasteiger partial charge in [0.05, 0.1) is 22.9 Å². The van der Waals surface area contributed by atoms with Gasteiger partial charge in [-0.25, -0.2) is 15.0 Å². The van der Waals surface area contributed by atoms with Gasteiger partial charge in [-0.1, -0.05) is 12.1 Å². The van der Waals surface area contributed by atoms with Crippen molar-refractivity contribution in [1.29, 1.82) is 0 Å². The second-order valence-corrected chi connectivity index (χ2v) is 8.11. The fourth-order valence-corrected chi connectivity index (χ4v) is 4.59. The van der Waals surface area contributed by atoms with Crippen LogP contribution in [0.15, 0.2) is 30.5 Å². The fourth-order valence-electron chi connectivity index (χ4n) is 4.59. The number of piperazine rings is 1. The highest BCUT2D eigenvalue weighted by atomic mass is 16.1. The number of imidazole rings is 1. The van der Waals surface area contributed by atoms with Crippen molar-refractivity contribution in [3.63, 3.8) is 0 Å². The highest BCUT2D eigenvalue weighted by Crippen LogP contribution is 2.33. The maximum absolute atomic E-state index is 12.8. The predicted molar refractivity (Wildman–Crippen MR) is 123 cm³/mol. The number of hydrogen-bond acceptors (Lipinski definition) is 7. The van der Waals surface area contributed by atoms with Crippen molar-refractivity contribution in [2.45, 2.75) is 25.9 Å². The fraction of sp³-hybridized carbons (Fsp3) is 0.364. The number of benzene rings is 1. The van der Waals surface area contributed by atoms with Gasteiger partial charge in [-0.2, -0.15) is 0 Å². The van der Waals surface area contributed by atoms with Crippen molar-refractivity contribution in [3.8, 4) is 0 Å². The number of anilines is 2. The summed E-state index contributed by atoms with van der Waals surface area (Å²) < 4.78 is 1.95. The van der Waals surface area contributed by atoms with Gasteiger partial charge in [0.2, 0.25) is 0 Å². The van der Waals surface area contributed by atoms with E-state index in [1.165, 1.54) is 0 Å². The van der Waals surface area contributed by atoms with E-state index >= 15 is 0 Å². The molecule has 5 rings (SSSR count). The number of para-hydroxylation sites is 2. The molecular formula is C22H26N8O. The van der Waals surface area contributed by atoms with Crippen LogP contribution in [0.5, 0.6) is 0 Å². The van der Waals surface area contributed by atoms with Gasteiger partial charge in [-0.15, -0.1) is 0 Å². The zero-order valence-corrected chi connectivity index (χ0v) is 18.1. The first-order valence-electron chi connectivity index (χ1n) is 10.5. The molecule has 1 aliphatic heterocycles. The van der Waals surface area contributed by atoms with Crippen molar-refractivity contribution < 1.29 is 4.79 Å². The molecule has 4 heterocycles. The Hall–Kier alpha value is -3.46. The standard InChI is InChI=1S/C22H26N8O/c1-12-10-29(11-13(2)26-12)16-9-25-19-18(23-3)17(22(31)24-4)20-27-14-7-5-6-8-15(14)30(20)21(19)28-16/h5-9,12-13,23,26H,10-11H2,1-4H3,(H,24,31)/t12-,13+. The van der Waals surface area contributed by atoms with Gasteiger partial charge < -0.3 is 20.9 Å². The van der Waals surface area contributed by atoms with E-state index < -0.39 is 0 Å². The molecule has 1 aromatic carbocycles. The molecule has 2 atom stereocenters. The van der Waals surface area contributed by atoms with Gasteiger partial charge in [0, 0.05) is 39.3 Å². The number of fused-ring (bicyclic) bond motifs is 5. The molecule has 3 N–H and O–H groups in total. The molecule has 0 radical (unpaired) electrons. The maximum atomic E-state index is 12.8. The number of rotatable bonds is 3. The van der Waals surface area contributed by atoms with E-state index in [2.05, 4.69) is 34.7 Å². The molecule has 9 heteroatoms. The Morgan fingerprint density at radius 3 is 2.55 bits per heavy atom. The zero-order valence-electron chi connectivity index (χ0n) is 18.1. The Labute approximate surface area is 179 Å². The minimum Gasteiger partial charge on any atom is -0.385 e. The topological polar surface area (TPSA) is 99.5 Å². The smallest absolute Gasteiger partial charge is 0.257 e. The van der Waals surface area contributed by atoms with E-state index in [1.807, 2.05) is 28.7 Å². The van der Waals surface area contributed by atoms with Crippen LogP contribution in [0.2, 0.25) is 0 Å². The number of amides is 1. The largest absolute Gasteiger partial charge is 0.385 e. The third kappa shape index (κ3) is 3.04. The molecule has 31 heavy (non-hydrogen) atoms. The van der Waals surface area contributed by atoms with Crippen LogP contribution in [0.4, 0.5) is 11.5 Å². The summed E-state index contributed by atoms with van der Waals surface area (Å²) in [6.45, 7) is 6.06. The van der Waals surface area contributed by atoms with Crippen LogP contribution in [0.1, 0.15) is 24.2 Å². The second-order valence-electron chi connectivity index (χ2n) is 8.11. The van der Waals surface area contributed by atoms with E-state index in [-0.39, 0.29) is 5.91 Å². The molecule has 9 nitrogen and oxygen atoms in total. The normalized spacial score (nSPS) is 19.3. The van der Waals surface area contributed by atoms with E-state index in [9.17, 15) is 4.79 Å². The molecular weight excluding hydrogens is 392 g/mol. The highest BCUT2D eigenvalue weighted by molar-refractivity contribution is 6.12. The van der Waals surface area contributed by atoms with Gasteiger partial charge in [0.15, 0.2) is 11.3 Å². The Bertz CT molecular complexity index is 1300. The van der Waals surface area contributed by atoms with Gasteiger partial charge in [-0.3, -0.25) is 9.20 Å². The molecule has 0 spiro atoms. The first-order valence-corrected chi connectivity index (χ1v) is 10.5. The second kappa shape index (κ2) is 7.35. The minimum atomic E-state index is -0.220. The summed E-state index contributed by atoms with van der Waals surface area (Å²) >= 11 is 0.